The largest absolute Gasteiger partial charge is 0.233 e. The molecule has 0 radical (unpaired) electrons. The lowest BCUT2D eigenvalue weighted by atomic mass is 9.77. The van der Waals surface area contributed by atoms with E-state index in [1.165, 1.54) is 12.8 Å². The monoisotopic (exact) mass is 282 g/mol. The van der Waals surface area contributed by atoms with E-state index in [1.54, 1.807) is 0 Å². The van der Waals surface area contributed by atoms with Gasteiger partial charge in [0.25, 0.3) is 0 Å². The highest BCUT2D eigenvalue weighted by Crippen LogP contribution is 2.41. The maximum absolute atomic E-state index is 5.93. The summed E-state index contributed by atoms with van der Waals surface area (Å²) in [7, 11) is 0. The highest BCUT2D eigenvalue weighted by atomic mass is 17.2. The van der Waals surface area contributed by atoms with Gasteiger partial charge in [0.2, 0.25) is 0 Å². The lowest BCUT2D eigenvalue weighted by Gasteiger charge is -2.43. The van der Waals surface area contributed by atoms with Crippen LogP contribution >= 0.6 is 0 Å². The molecular weight excluding hydrogens is 248 g/mol. The minimum absolute atomic E-state index is 0.0783. The average molecular weight is 282 g/mol. The van der Waals surface area contributed by atoms with Gasteiger partial charge in [-0.2, -0.15) is 0 Å². The van der Waals surface area contributed by atoms with Crippen LogP contribution in [0.4, 0.5) is 0 Å². The summed E-state index contributed by atoms with van der Waals surface area (Å²) in [5.74, 6) is 1.25. The average Bonchev–Trinajstić information content (AvgIpc) is 2.51. The highest BCUT2D eigenvalue weighted by molar-refractivity contribution is 4.95. The molecule has 0 bridgehead atoms. The van der Waals surface area contributed by atoms with Gasteiger partial charge in [-0.05, 0) is 50.4 Å². The summed E-state index contributed by atoms with van der Waals surface area (Å²) in [6, 6.07) is 0. The van der Waals surface area contributed by atoms with Gasteiger partial charge in [0.1, 0.15) is 5.60 Å². The van der Waals surface area contributed by atoms with E-state index in [1.807, 2.05) is 0 Å². The molecule has 0 amide bonds. The molecule has 4 atom stereocenters. The quantitative estimate of drug-likeness (QED) is 0.421. The van der Waals surface area contributed by atoms with Crippen molar-refractivity contribution in [3.05, 3.63) is 12.2 Å². The van der Waals surface area contributed by atoms with Crippen LogP contribution in [-0.4, -0.2) is 11.7 Å². The maximum Gasteiger partial charge on any atom is 0.104 e. The van der Waals surface area contributed by atoms with Gasteiger partial charge in [0.15, 0.2) is 0 Å². The first-order valence-corrected chi connectivity index (χ1v) is 8.65. The van der Waals surface area contributed by atoms with E-state index in [-0.39, 0.29) is 11.7 Å². The third-order valence-corrected chi connectivity index (χ3v) is 4.88. The van der Waals surface area contributed by atoms with Crippen LogP contribution in [0.1, 0.15) is 79.6 Å². The Labute approximate surface area is 125 Å². The van der Waals surface area contributed by atoms with Crippen LogP contribution in [0, 0.1) is 11.8 Å². The number of hydrogen-bond donors (Lipinski definition) is 0. The van der Waals surface area contributed by atoms with Crippen molar-refractivity contribution in [1.29, 1.82) is 0 Å². The zero-order chi connectivity index (χ0) is 15.0. The summed E-state index contributed by atoms with van der Waals surface area (Å²) in [5, 5.41) is 0. The smallest absolute Gasteiger partial charge is 0.104 e. The summed E-state index contributed by atoms with van der Waals surface area (Å²) >= 11 is 0. The van der Waals surface area contributed by atoms with E-state index >= 15 is 0 Å². The maximum atomic E-state index is 5.93. The Morgan fingerprint density at radius 2 is 1.90 bits per heavy atom. The zero-order valence-corrected chi connectivity index (χ0v) is 14.2. The molecule has 1 heterocycles. The molecule has 0 N–H and O–H groups in total. The summed E-state index contributed by atoms with van der Waals surface area (Å²) in [5.41, 5.74) is -0.0783. The van der Waals surface area contributed by atoms with E-state index < -0.39 is 0 Å². The van der Waals surface area contributed by atoms with Crippen molar-refractivity contribution in [2.45, 2.75) is 91.3 Å². The zero-order valence-electron chi connectivity index (χ0n) is 14.2. The van der Waals surface area contributed by atoms with Gasteiger partial charge in [-0.3, -0.25) is 0 Å². The molecule has 0 aromatic heterocycles. The van der Waals surface area contributed by atoms with Gasteiger partial charge < -0.3 is 0 Å². The predicted octanol–water partition coefficient (Wildman–Crippen LogP) is 5.67. The third kappa shape index (κ3) is 4.60. The van der Waals surface area contributed by atoms with E-state index in [0.29, 0.717) is 11.8 Å². The molecule has 2 nitrogen and oxygen atoms in total. The minimum Gasteiger partial charge on any atom is -0.233 e. The molecule has 0 aliphatic carbocycles. The predicted molar refractivity (Wildman–Crippen MR) is 85.5 cm³/mol. The summed E-state index contributed by atoms with van der Waals surface area (Å²) in [6.07, 6.45) is 12.7. The molecular formula is C18H34O2. The van der Waals surface area contributed by atoms with Crippen molar-refractivity contribution in [3.8, 4) is 0 Å². The van der Waals surface area contributed by atoms with Crippen LogP contribution in [0.15, 0.2) is 12.2 Å². The van der Waals surface area contributed by atoms with Crippen molar-refractivity contribution in [2.75, 3.05) is 0 Å². The molecule has 1 aliphatic heterocycles. The van der Waals surface area contributed by atoms with Crippen molar-refractivity contribution < 1.29 is 9.78 Å². The van der Waals surface area contributed by atoms with Gasteiger partial charge in [0, 0.05) is 0 Å². The lowest BCUT2D eigenvalue weighted by Crippen LogP contribution is -2.45. The van der Waals surface area contributed by atoms with Crippen LogP contribution in [-0.2, 0) is 9.78 Å². The number of allylic oxidation sites excluding steroid dienone is 2. The van der Waals surface area contributed by atoms with Crippen molar-refractivity contribution >= 4 is 0 Å². The Morgan fingerprint density at radius 1 is 1.15 bits per heavy atom. The first-order chi connectivity index (χ1) is 9.64. The van der Waals surface area contributed by atoms with Gasteiger partial charge in [-0.25, -0.2) is 9.78 Å². The molecule has 1 fully saturated rings. The normalized spacial score (nSPS) is 32.6. The summed E-state index contributed by atoms with van der Waals surface area (Å²) in [4.78, 5) is 11.7. The first-order valence-electron chi connectivity index (χ1n) is 8.65. The Morgan fingerprint density at radius 3 is 2.40 bits per heavy atom. The standard InChI is InChI=1S/C18H34O2/c1-6-11-12-15(7-2)13-18(10-5)14-16(8-3)17(9-4)19-20-18/h11-12,15-17H,6-10,13-14H2,1-5H3/b12-11+. The van der Waals surface area contributed by atoms with Crippen molar-refractivity contribution in [3.63, 3.8) is 0 Å². The molecule has 0 aromatic rings. The lowest BCUT2D eigenvalue weighted by molar-refractivity contribution is -0.424. The van der Waals surface area contributed by atoms with E-state index in [4.69, 9.17) is 9.78 Å². The molecule has 4 unspecified atom stereocenters. The van der Waals surface area contributed by atoms with Crippen LogP contribution in [0.25, 0.3) is 0 Å². The Kier molecular flexibility index (Phi) is 7.83. The fourth-order valence-electron chi connectivity index (χ4n) is 3.31. The van der Waals surface area contributed by atoms with E-state index in [0.717, 1.165) is 32.1 Å². The molecule has 0 spiro atoms. The second-order valence-corrected chi connectivity index (χ2v) is 6.24. The molecule has 1 aliphatic rings. The third-order valence-electron chi connectivity index (χ3n) is 4.88. The molecule has 0 aromatic carbocycles. The second kappa shape index (κ2) is 8.84. The molecule has 1 rings (SSSR count). The van der Waals surface area contributed by atoms with Crippen molar-refractivity contribution in [2.24, 2.45) is 11.8 Å². The van der Waals surface area contributed by atoms with Gasteiger partial charge >= 0.3 is 0 Å². The summed E-state index contributed by atoms with van der Waals surface area (Å²) in [6.45, 7) is 11.2. The fraction of sp³-hybridized carbons (Fsp3) is 0.889. The van der Waals surface area contributed by atoms with Crippen LogP contribution in [0.2, 0.25) is 0 Å². The van der Waals surface area contributed by atoms with Gasteiger partial charge in [-0.1, -0.05) is 53.2 Å². The molecule has 1 saturated heterocycles. The first kappa shape index (κ1) is 17.7. The van der Waals surface area contributed by atoms with Gasteiger partial charge in [0.05, 0.1) is 6.10 Å². The Bertz CT molecular complexity index is 287. The molecule has 0 saturated carbocycles. The molecule has 118 valence electrons. The van der Waals surface area contributed by atoms with E-state index in [2.05, 4.69) is 46.8 Å². The Hall–Kier alpha value is -0.340. The Balaban J connectivity index is 2.74. The minimum atomic E-state index is -0.0783. The molecule has 2 heteroatoms. The fourth-order valence-corrected chi connectivity index (χ4v) is 3.31. The van der Waals surface area contributed by atoms with Crippen LogP contribution in [0.5, 0.6) is 0 Å². The van der Waals surface area contributed by atoms with Crippen molar-refractivity contribution in [1.82, 2.24) is 0 Å². The second-order valence-electron chi connectivity index (χ2n) is 6.24. The van der Waals surface area contributed by atoms with Crippen LogP contribution < -0.4 is 0 Å². The summed E-state index contributed by atoms with van der Waals surface area (Å²) < 4.78 is 0. The topological polar surface area (TPSA) is 18.5 Å². The SMILES string of the molecule is CC/C=C/C(CC)CC1(CC)CC(CC)C(CC)OO1. The van der Waals surface area contributed by atoms with Gasteiger partial charge in [-0.15, -0.1) is 0 Å². The van der Waals surface area contributed by atoms with E-state index in [9.17, 15) is 0 Å². The number of hydrogen-bond acceptors (Lipinski definition) is 2. The highest BCUT2D eigenvalue weighted by Gasteiger charge is 2.42. The number of rotatable bonds is 8. The molecule has 20 heavy (non-hydrogen) atoms. The van der Waals surface area contributed by atoms with Crippen LogP contribution in [0.3, 0.4) is 0 Å².